The summed E-state index contributed by atoms with van der Waals surface area (Å²) in [5.41, 5.74) is 4.49. The lowest BCUT2D eigenvalue weighted by atomic mass is 10.2. The molecule has 1 aromatic carbocycles. The fourth-order valence-electron chi connectivity index (χ4n) is 1.02. The predicted molar refractivity (Wildman–Crippen MR) is 53.8 cm³/mol. The molecule has 0 saturated carbocycles. The van der Waals surface area contributed by atoms with Crippen LogP contribution in [0.5, 0.6) is 5.75 Å². The van der Waals surface area contributed by atoms with Crippen LogP contribution in [0.1, 0.15) is 12.0 Å². The summed E-state index contributed by atoms with van der Waals surface area (Å²) in [5, 5.41) is 0. The highest BCUT2D eigenvalue weighted by Gasteiger charge is 2.31. The summed E-state index contributed by atoms with van der Waals surface area (Å²) in [6.45, 7) is 0. The maximum atomic E-state index is 13.2. The van der Waals surface area contributed by atoms with Crippen molar-refractivity contribution in [1.29, 1.82) is 0 Å². The van der Waals surface area contributed by atoms with E-state index in [1.165, 1.54) is 0 Å². The lowest BCUT2D eigenvalue weighted by Crippen LogP contribution is -2.17. The van der Waals surface area contributed by atoms with E-state index in [0.29, 0.717) is 0 Å². The zero-order chi connectivity index (χ0) is 13.8. The lowest BCUT2D eigenvalue weighted by Gasteiger charge is -2.08. The number of primary amides is 1. The maximum absolute atomic E-state index is 13.2. The average Bonchev–Trinajstić information content (AvgIpc) is 2.20. The summed E-state index contributed by atoms with van der Waals surface area (Å²) in [4.78, 5) is 10.4. The number of ether oxygens (including phenoxy) is 1. The molecular weight excluding hydrogens is 254 g/mol. The van der Waals surface area contributed by atoms with Gasteiger partial charge in [-0.1, -0.05) is 11.8 Å². The predicted octanol–water partition coefficient (Wildman–Crippen LogP) is 1.95. The molecule has 0 fully saturated rings. The highest BCUT2D eigenvalue weighted by molar-refractivity contribution is 5.76. The summed E-state index contributed by atoms with van der Waals surface area (Å²) >= 11 is 0. The first-order valence-electron chi connectivity index (χ1n) is 4.60. The number of halogens is 4. The van der Waals surface area contributed by atoms with Gasteiger partial charge in [0.1, 0.15) is 11.6 Å². The molecule has 1 aromatic rings. The zero-order valence-electron chi connectivity index (χ0n) is 8.84. The molecule has 96 valence electrons. The van der Waals surface area contributed by atoms with Crippen LogP contribution < -0.4 is 10.5 Å². The highest BCUT2D eigenvalue weighted by atomic mass is 19.4. The molecule has 1 rings (SSSR count). The number of benzene rings is 1. The third-order valence-electron chi connectivity index (χ3n) is 1.66. The Morgan fingerprint density at radius 3 is 2.61 bits per heavy atom. The normalized spacial score (nSPS) is 10.4. The van der Waals surface area contributed by atoms with Crippen molar-refractivity contribution < 1.29 is 27.1 Å². The van der Waals surface area contributed by atoms with Gasteiger partial charge in [0.2, 0.25) is 5.91 Å². The molecular formula is C11H7F4NO2. The van der Waals surface area contributed by atoms with Crippen molar-refractivity contribution in [1.82, 2.24) is 0 Å². The largest absolute Gasteiger partial charge is 0.573 e. The van der Waals surface area contributed by atoms with Gasteiger partial charge >= 0.3 is 6.36 Å². The molecule has 0 atom stereocenters. The van der Waals surface area contributed by atoms with E-state index in [4.69, 9.17) is 5.73 Å². The fourth-order valence-corrected chi connectivity index (χ4v) is 1.02. The lowest BCUT2D eigenvalue weighted by molar-refractivity contribution is -0.274. The van der Waals surface area contributed by atoms with Crippen LogP contribution >= 0.6 is 0 Å². The Labute approximate surface area is 99.5 Å². The number of nitrogens with two attached hydrogens (primary N) is 1. The molecule has 0 heterocycles. The van der Waals surface area contributed by atoms with Gasteiger partial charge in [-0.15, -0.1) is 13.2 Å². The molecule has 0 spiro atoms. The number of rotatable bonds is 2. The SMILES string of the molecule is NC(=O)CC#Cc1cc(OC(F)(F)F)ccc1F. The van der Waals surface area contributed by atoms with Crippen LogP contribution in [-0.2, 0) is 4.79 Å². The number of hydrogen-bond acceptors (Lipinski definition) is 2. The van der Waals surface area contributed by atoms with Gasteiger partial charge in [0.25, 0.3) is 0 Å². The fraction of sp³-hybridized carbons (Fsp3) is 0.182. The van der Waals surface area contributed by atoms with Crippen molar-refractivity contribution in [3.8, 4) is 17.6 Å². The molecule has 7 heteroatoms. The smallest absolute Gasteiger partial charge is 0.406 e. The second-order valence-corrected chi connectivity index (χ2v) is 3.13. The number of carbonyl (C=O) groups excluding carboxylic acids is 1. The van der Waals surface area contributed by atoms with Gasteiger partial charge in [0, 0.05) is 0 Å². The standard InChI is InChI=1S/C11H7F4NO2/c12-9-5-4-8(18-11(13,14)15)6-7(9)2-1-3-10(16)17/h4-6H,3H2,(H2,16,17). The Hall–Kier alpha value is -2.23. The van der Waals surface area contributed by atoms with Gasteiger partial charge in [-0.3, -0.25) is 4.79 Å². The van der Waals surface area contributed by atoms with Gasteiger partial charge in [0.05, 0.1) is 12.0 Å². The third-order valence-corrected chi connectivity index (χ3v) is 1.66. The number of amides is 1. The van der Waals surface area contributed by atoms with E-state index in [1.807, 2.05) is 0 Å². The minimum absolute atomic E-state index is 0.307. The van der Waals surface area contributed by atoms with Crippen LogP contribution in [0.2, 0.25) is 0 Å². The van der Waals surface area contributed by atoms with E-state index >= 15 is 0 Å². The molecule has 0 aliphatic rings. The highest BCUT2D eigenvalue weighted by Crippen LogP contribution is 2.24. The third kappa shape index (κ3) is 4.74. The van der Waals surface area contributed by atoms with Crippen molar-refractivity contribution in [2.75, 3.05) is 0 Å². The van der Waals surface area contributed by atoms with E-state index in [1.54, 1.807) is 0 Å². The second kappa shape index (κ2) is 5.40. The van der Waals surface area contributed by atoms with Crippen LogP contribution in [0.3, 0.4) is 0 Å². The molecule has 0 bridgehead atoms. The van der Waals surface area contributed by atoms with Crippen molar-refractivity contribution >= 4 is 5.91 Å². The van der Waals surface area contributed by atoms with Crippen LogP contribution in [-0.4, -0.2) is 12.3 Å². The van der Waals surface area contributed by atoms with Gasteiger partial charge in [-0.25, -0.2) is 4.39 Å². The van der Waals surface area contributed by atoms with E-state index in [9.17, 15) is 22.4 Å². The quantitative estimate of drug-likeness (QED) is 0.653. The summed E-state index contributed by atoms with van der Waals surface area (Å²) < 4.78 is 52.5. The van der Waals surface area contributed by atoms with Crippen LogP contribution in [0.15, 0.2) is 18.2 Å². The van der Waals surface area contributed by atoms with Gasteiger partial charge in [-0.2, -0.15) is 0 Å². The number of carbonyl (C=O) groups is 1. The molecule has 3 nitrogen and oxygen atoms in total. The number of alkyl halides is 3. The Morgan fingerprint density at radius 2 is 2.06 bits per heavy atom. The van der Waals surface area contributed by atoms with Crippen LogP contribution in [0.25, 0.3) is 0 Å². The second-order valence-electron chi connectivity index (χ2n) is 3.13. The molecule has 0 saturated heterocycles. The van der Waals surface area contributed by atoms with E-state index < -0.39 is 23.8 Å². The van der Waals surface area contributed by atoms with E-state index in [-0.39, 0.29) is 12.0 Å². The van der Waals surface area contributed by atoms with E-state index in [2.05, 4.69) is 16.6 Å². The van der Waals surface area contributed by atoms with E-state index in [0.717, 1.165) is 18.2 Å². The summed E-state index contributed by atoms with van der Waals surface area (Å²) in [6.07, 6.45) is -5.18. The van der Waals surface area contributed by atoms with Crippen molar-refractivity contribution in [3.05, 3.63) is 29.6 Å². The molecule has 18 heavy (non-hydrogen) atoms. The first kappa shape index (κ1) is 13.8. The Balaban J connectivity index is 2.93. The molecule has 0 unspecified atom stereocenters. The Bertz CT molecular complexity index is 514. The monoisotopic (exact) mass is 261 g/mol. The van der Waals surface area contributed by atoms with Crippen molar-refractivity contribution in [3.63, 3.8) is 0 Å². The molecule has 0 aliphatic carbocycles. The zero-order valence-corrected chi connectivity index (χ0v) is 8.84. The van der Waals surface area contributed by atoms with Gasteiger partial charge in [-0.05, 0) is 18.2 Å². The molecule has 0 aromatic heterocycles. The molecule has 0 radical (unpaired) electrons. The van der Waals surface area contributed by atoms with Crippen molar-refractivity contribution in [2.24, 2.45) is 5.73 Å². The summed E-state index contributed by atoms with van der Waals surface area (Å²) in [5.74, 6) is 2.30. The van der Waals surface area contributed by atoms with Crippen LogP contribution in [0.4, 0.5) is 17.6 Å². The topological polar surface area (TPSA) is 52.3 Å². The summed E-state index contributed by atoms with van der Waals surface area (Å²) in [6, 6.07) is 2.40. The molecule has 2 N–H and O–H groups in total. The summed E-state index contributed by atoms with van der Waals surface area (Å²) in [7, 11) is 0. The van der Waals surface area contributed by atoms with Gasteiger partial charge < -0.3 is 10.5 Å². The number of hydrogen-bond donors (Lipinski definition) is 1. The molecule has 1 amide bonds. The maximum Gasteiger partial charge on any atom is 0.573 e. The minimum atomic E-state index is -4.87. The van der Waals surface area contributed by atoms with Crippen LogP contribution in [0, 0.1) is 17.7 Å². The first-order chi connectivity index (χ1) is 8.28. The minimum Gasteiger partial charge on any atom is -0.406 e. The first-order valence-corrected chi connectivity index (χ1v) is 4.60. The van der Waals surface area contributed by atoms with Crippen molar-refractivity contribution in [2.45, 2.75) is 12.8 Å². The molecule has 0 aliphatic heterocycles. The average molecular weight is 261 g/mol. The Kier molecular flexibility index (Phi) is 4.15. The Morgan fingerprint density at radius 1 is 1.39 bits per heavy atom. The van der Waals surface area contributed by atoms with Gasteiger partial charge in [0.15, 0.2) is 0 Å².